The number of hydrogen-bond donors (Lipinski definition) is 1. The summed E-state index contributed by atoms with van der Waals surface area (Å²) in [5.41, 5.74) is 1.09. The van der Waals surface area contributed by atoms with Crippen LogP contribution in [0.2, 0.25) is 0 Å². The molecule has 90 valence electrons. The van der Waals surface area contributed by atoms with Gasteiger partial charge in [0.15, 0.2) is 0 Å². The largest absolute Gasteiger partial charge is 0.497 e. The fraction of sp³-hybridized carbons (Fsp3) is 0.500. The van der Waals surface area contributed by atoms with Gasteiger partial charge in [-0.15, -0.1) is 0 Å². The first kappa shape index (κ1) is 13.9. The average Bonchev–Trinajstić information content (AvgIpc) is 2.29. The SMILES string of the molecule is COc1ccc(Br)c(CC(O)CCSC)c1. The van der Waals surface area contributed by atoms with Crippen LogP contribution in [0.4, 0.5) is 0 Å². The lowest BCUT2D eigenvalue weighted by atomic mass is 10.1. The van der Waals surface area contributed by atoms with Crippen molar-refractivity contribution in [2.75, 3.05) is 19.1 Å². The van der Waals surface area contributed by atoms with Gasteiger partial charge in [-0.3, -0.25) is 0 Å². The van der Waals surface area contributed by atoms with Crippen molar-refractivity contribution in [1.82, 2.24) is 0 Å². The minimum atomic E-state index is -0.282. The standard InChI is InChI=1S/C12H17BrO2S/c1-15-11-3-4-12(13)9(8-11)7-10(14)5-6-16-2/h3-4,8,10,14H,5-7H2,1-2H3. The molecule has 1 N–H and O–H groups in total. The first-order valence-corrected chi connectivity index (χ1v) is 7.35. The van der Waals surface area contributed by atoms with Gasteiger partial charge in [0.05, 0.1) is 13.2 Å². The van der Waals surface area contributed by atoms with Crippen LogP contribution in [0, 0.1) is 0 Å². The average molecular weight is 305 g/mol. The molecule has 0 aliphatic carbocycles. The van der Waals surface area contributed by atoms with Crippen molar-refractivity contribution >= 4 is 27.7 Å². The number of benzene rings is 1. The van der Waals surface area contributed by atoms with Crippen molar-refractivity contribution < 1.29 is 9.84 Å². The molecule has 0 fully saturated rings. The smallest absolute Gasteiger partial charge is 0.119 e. The maximum atomic E-state index is 9.85. The normalized spacial score (nSPS) is 12.5. The molecule has 0 aromatic heterocycles. The Hall–Kier alpha value is -0.190. The zero-order valence-corrected chi connectivity index (χ0v) is 12.0. The van der Waals surface area contributed by atoms with Crippen LogP contribution in [0.5, 0.6) is 5.75 Å². The van der Waals surface area contributed by atoms with E-state index in [2.05, 4.69) is 15.9 Å². The molecule has 0 aliphatic heterocycles. The van der Waals surface area contributed by atoms with Gasteiger partial charge < -0.3 is 9.84 Å². The molecule has 0 amide bonds. The maximum Gasteiger partial charge on any atom is 0.119 e. The van der Waals surface area contributed by atoms with E-state index >= 15 is 0 Å². The number of ether oxygens (including phenoxy) is 1. The number of hydrogen-bond acceptors (Lipinski definition) is 3. The Morgan fingerprint density at radius 2 is 2.25 bits per heavy atom. The van der Waals surface area contributed by atoms with Crippen LogP contribution < -0.4 is 4.74 Å². The third-order valence-electron chi connectivity index (χ3n) is 2.36. The molecule has 0 radical (unpaired) electrons. The summed E-state index contributed by atoms with van der Waals surface area (Å²) in [5.74, 6) is 1.82. The lowest BCUT2D eigenvalue weighted by Crippen LogP contribution is -2.11. The summed E-state index contributed by atoms with van der Waals surface area (Å²) in [5, 5.41) is 9.85. The van der Waals surface area contributed by atoms with Crippen LogP contribution in [-0.4, -0.2) is 30.3 Å². The predicted octanol–water partition coefficient (Wildman–Crippen LogP) is 3.11. The summed E-state index contributed by atoms with van der Waals surface area (Å²) < 4.78 is 6.19. The lowest BCUT2D eigenvalue weighted by molar-refractivity contribution is 0.172. The van der Waals surface area contributed by atoms with E-state index in [9.17, 15) is 5.11 Å². The van der Waals surface area contributed by atoms with Crippen LogP contribution in [-0.2, 0) is 6.42 Å². The van der Waals surface area contributed by atoms with Crippen molar-refractivity contribution in [3.63, 3.8) is 0 Å². The van der Waals surface area contributed by atoms with Gasteiger partial charge >= 0.3 is 0 Å². The van der Waals surface area contributed by atoms with Gasteiger partial charge in [-0.25, -0.2) is 0 Å². The third-order valence-corrected chi connectivity index (χ3v) is 3.78. The Labute approximate surface area is 110 Å². The summed E-state index contributed by atoms with van der Waals surface area (Å²) >= 11 is 5.24. The topological polar surface area (TPSA) is 29.5 Å². The first-order valence-electron chi connectivity index (χ1n) is 5.16. The lowest BCUT2D eigenvalue weighted by Gasteiger charge is -2.12. The zero-order chi connectivity index (χ0) is 12.0. The fourth-order valence-electron chi connectivity index (χ4n) is 1.44. The van der Waals surface area contributed by atoms with E-state index in [1.807, 2.05) is 24.5 Å². The molecule has 1 aromatic carbocycles. The van der Waals surface area contributed by atoms with Crippen molar-refractivity contribution in [2.24, 2.45) is 0 Å². The van der Waals surface area contributed by atoms with E-state index in [4.69, 9.17) is 4.74 Å². The molecule has 2 nitrogen and oxygen atoms in total. The van der Waals surface area contributed by atoms with E-state index in [1.54, 1.807) is 18.9 Å². The van der Waals surface area contributed by atoms with Gasteiger partial charge in [-0.2, -0.15) is 11.8 Å². The van der Waals surface area contributed by atoms with E-state index in [0.29, 0.717) is 6.42 Å². The summed E-state index contributed by atoms with van der Waals surface area (Å²) in [6.45, 7) is 0. The highest BCUT2D eigenvalue weighted by Gasteiger charge is 2.09. The number of halogens is 1. The quantitative estimate of drug-likeness (QED) is 0.875. The van der Waals surface area contributed by atoms with Crippen molar-refractivity contribution in [3.05, 3.63) is 28.2 Å². The highest BCUT2D eigenvalue weighted by atomic mass is 79.9. The minimum absolute atomic E-state index is 0.282. The zero-order valence-electron chi connectivity index (χ0n) is 9.57. The van der Waals surface area contributed by atoms with Crippen LogP contribution >= 0.6 is 27.7 Å². The van der Waals surface area contributed by atoms with E-state index < -0.39 is 0 Å². The van der Waals surface area contributed by atoms with Crippen LogP contribution in [0.1, 0.15) is 12.0 Å². The summed E-state index contributed by atoms with van der Waals surface area (Å²) in [4.78, 5) is 0. The van der Waals surface area contributed by atoms with E-state index in [-0.39, 0.29) is 6.10 Å². The second-order valence-electron chi connectivity index (χ2n) is 3.60. The van der Waals surface area contributed by atoms with Crippen molar-refractivity contribution in [3.8, 4) is 5.75 Å². The number of thioether (sulfide) groups is 1. The Morgan fingerprint density at radius 1 is 1.50 bits per heavy atom. The molecule has 1 atom stereocenters. The minimum Gasteiger partial charge on any atom is -0.497 e. The Kier molecular flexibility index (Phi) is 6.24. The molecule has 0 aliphatic rings. The third kappa shape index (κ3) is 4.36. The molecular formula is C12H17BrO2S. The Balaban J connectivity index is 2.64. The first-order chi connectivity index (χ1) is 7.67. The molecule has 1 aromatic rings. The molecule has 0 spiro atoms. The van der Waals surface area contributed by atoms with Crippen LogP contribution in [0.25, 0.3) is 0 Å². The summed E-state index contributed by atoms with van der Waals surface area (Å²) in [7, 11) is 1.65. The monoisotopic (exact) mass is 304 g/mol. The van der Waals surface area contributed by atoms with Gasteiger partial charge in [-0.1, -0.05) is 15.9 Å². The molecular weight excluding hydrogens is 288 g/mol. The van der Waals surface area contributed by atoms with Crippen LogP contribution in [0.15, 0.2) is 22.7 Å². The molecule has 0 heterocycles. The molecule has 4 heteroatoms. The predicted molar refractivity (Wildman–Crippen MR) is 73.4 cm³/mol. The molecule has 1 unspecified atom stereocenters. The number of rotatable bonds is 6. The van der Waals surface area contributed by atoms with Crippen molar-refractivity contribution in [1.29, 1.82) is 0 Å². The molecule has 0 saturated heterocycles. The number of aliphatic hydroxyl groups is 1. The van der Waals surface area contributed by atoms with Gasteiger partial charge in [0.25, 0.3) is 0 Å². The number of aliphatic hydroxyl groups excluding tert-OH is 1. The van der Waals surface area contributed by atoms with E-state index in [0.717, 1.165) is 28.0 Å². The van der Waals surface area contributed by atoms with E-state index in [1.165, 1.54) is 0 Å². The van der Waals surface area contributed by atoms with Crippen LogP contribution in [0.3, 0.4) is 0 Å². The number of methoxy groups -OCH3 is 1. The summed E-state index contributed by atoms with van der Waals surface area (Å²) in [6.07, 6.45) is 3.26. The van der Waals surface area contributed by atoms with Gasteiger partial charge in [0.1, 0.15) is 5.75 Å². The molecule has 1 rings (SSSR count). The molecule has 16 heavy (non-hydrogen) atoms. The van der Waals surface area contributed by atoms with Gasteiger partial charge in [0, 0.05) is 4.47 Å². The fourth-order valence-corrected chi connectivity index (χ4v) is 2.36. The van der Waals surface area contributed by atoms with Crippen molar-refractivity contribution in [2.45, 2.75) is 18.9 Å². The van der Waals surface area contributed by atoms with Gasteiger partial charge in [-0.05, 0) is 48.6 Å². The molecule has 0 saturated carbocycles. The highest BCUT2D eigenvalue weighted by Crippen LogP contribution is 2.24. The maximum absolute atomic E-state index is 9.85. The summed E-state index contributed by atoms with van der Waals surface area (Å²) in [6, 6.07) is 5.82. The Morgan fingerprint density at radius 3 is 2.88 bits per heavy atom. The highest BCUT2D eigenvalue weighted by molar-refractivity contribution is 9.10. The van der Waals surface area contributed by atoms with Gasteiger partial charge in [0.2, 0.25) is 0 Å². The second-order valence-corrected chi connectivity index (χ2v) is 5.44. The second kappa shape index (κ2) is 7.20. The Bertz CT molecular complexity index is 331. The molecule has 0 bridgehead atoms.